The van der Waals surface area contributed by atoms with Gasteiger partial charge in [-0.3, -0.25) is 9.36 Å². The van der Waals surface area contributed by atoms with Gasteiger partial charge in [-0.2, -0.15) is 0 Å². The number of amides is 2. The lowest BCUT2D eigenvalue weighted by Crippen LogP contribution is -2.51. The van der Waals surface area contributed by atoms with Crippen molar-refractivity contribution >= 4 is 28.7 Å². The van der Waals surface area contributed by atoms with E-state index in [4.69, 9.17) is 0 Å². The Bertz CT molecular complexity index is 1140. The summed E-state index contributed by atoms with van der Waals surface area (Å²) < 4.78 is 28.5. The highest BCUT2D eigenvalue weighted by Crippen LogP contribution is 2.17. The van der Waals surface area contributed by atoms with E-state index in [9.17, 15) is 18.4 Å². The van der Waals surface area contributed by atoms with E-state index >= 15 is 0 Å². The van der Waals surface area contributed by atoms with Gasteiger partial charge in [0.05, 0.1) is 5.69 Å². The fraction of sp³-hybridized carbons (Fsp3) is 0.263. The number of rotatable bonds is 2. The number of aryl methyl sites for hydroxylation is 1. The third-order valence-corrected chi connectivity index (χ3v) is 4.84. The molecule has 1 fully saturated rings. The second-order valence-electron chi connectivity index (χ2n) is 6.67. The number of carbonyl (C=O) groups is 1. The van der Waals surface area contributed by atoms with Crippen LogP contribution in [0.5, 0.6) is 0 Å². The first-order chi connectivity index (χ1) is 13.9. The van der Waals surface area contributed by atoms with E-state index in [1.54, 1.807) is 30.3 Å². The quantitative estimate of drug-likeness (QED) is 0.711. The van der Waals surface area contributed by atoms with Crippen molar-refractivity contribution in [3.63, 3.8) is 0 Å². The normalized spacial score (nSPS) is 14.3. The Hall–Kier alpha value is -3.56. The SMILES string of the molecule is Cn1c(=O)c(N2CCN(C(=O)Nc3cc(F)ccc3F)CC2)nc2cccnc21. The summed E-state index contributed by atoms with van der Waals surface area (Å²) in [6.45, 7) is 1.37. The average molecular weight is 400 g/mol. The van der Waals surface area contributed by atoms with Gasteiger partial charge in [0.25, 0.3) is 5.56 Å². The maximum atomic E-state index is 13.7. The molecule has 0 aliphatic carbocycles. The molecular formula is C19H18F2N6O2. The standard InChI is InChI=1S/C19H18F2N6O2/c1-25-16-14(3-2-6-22-16)23-17(18(25)28)26-7-9-27(10-8-26)19(29)24-15-11-12(20)4-5-13(15)21/h2-6,11H,7-10H2,1H3,(H,24,29). The van der Waals surface area contributed by atoms with Gasteiger partial charge in [-0.1, -0.05) is 0 Å². The highest BCUT2D eigenvalue weighted by atomic mass is 19.1. The van der Waals surface area contributed by atoms with E-state index in [0.717, 1.165) is 18.2 Å². The third kappa shape index (κ3) is 3.60. The fourth-order valence-corrected chi connectivity index (χ4v) is 3.26. The van der Waals surface area contributed by atoms with E-state index < -0.39 is 17.7 Å². The van der Waals surface area contributed by atoms with E-state index in [0.29, 0.717) is 43.2 Å². The number of urea groups is 1. The molecule has 2 amide bonds. The lowest BCUT2D eigenvalue weighted by molar-refractivity contribution is 0.208. The van der Waals surface area contributed by atoms with Crippen LogP contribution in [0.2, 0.25) is 0 Å². The number of fused-ring (bicyclic) bond motifs is 1. The van der Waals surface area contributed by atoms with Crippen LogP contribution in [-0.4, -0.2) is 51.6 Å². The molecule has 1 N–H and O–H groups in total. The molecule has 0 radical (unpaired) electrons. The van der Waals surface area contributed by atoms with Crippen LogP contribution >= 0.6 is 0 Å². The number of nitrogens with one attached hydrogen (secondary N) is 1. The second-order valence-corrected chi connectivity index (χ2v) is 6.67. The predicted octanol–water partition coefficient (Wildman–Crippen LogP) is 1.96. The maximum absolute atomic E-state index is 13.7. The molecule has 1 aromatic carbocycles. The monoisotopic (exact) mass is 400 g/mol. The summed E-state index contributed by atoms with van der Waals surface area (Å²) in [6, 6.07) is 5.87. The lowest BCUT2D eigenvalue weighted by atomic mass is 10.3. The van der Waals surface area contributed by atoms with E-state index in [2.05, 4.69) is 15.3 Å². The van der Waals surface area contributed by atoms with Crippen LogP contribution < -0.4 is 15.8 Å². The molecule has 2 aromatic heterocycles. The molecule has 0 saturated carbocycles. The summed E-state index contributed by atoms with van der Waals surface area (Å²) in [5, 5.41) is 2.38. The highest BCUT2D eigenvalue weighted by molar-refractivity contribution is 5.89. The molecule has 0 bridgehead atoms. The molecule has 150 valence electrons. The molecule has 0 spiro atoms. The van der Waals surface area contributed by atoms with Crippen molar-refractivity contribution in [1.82, 2.24) is 19.4 Å². The summed E-state index contributed by atoms with van der Waals surface area (Å²) in [5.41, 5.74) is 0.619. The summed E-state index contributed by atoms with van der Waals surface area (Å²) in [7, 11) is 1.64. The van der Waals surface area contributed by atoms with Gasteiger partial charge in [-0.15, -0.1) is 0 Å². The fourth-order valence-electron chi connectivity index (χ4n) is 3.26. The summed E-state index contributed by atoms with van der Waals surface area (Å²) >= 11 is 0. The van der Waals surface area contributed by atoms with Crippen molar-refractivity contribution < 1.29 is 13.6 Å². The van der Waals surface area contributed by atoms with E-state index in [-0.39, 0.29) is 11.2 Å². The van der Waals surface area contributed by atoms with E-state index in [1.807, 2.05) is 0 Å². The van der Waals surface area contributed by atoms with Gasteiger partial charge in [-0.25, -0.2) is 23.5 Å². The summed E-state index contributed by atoms with van der Waals surface area (Å²) in [6.07, 6.45) is 1.60. The number of piperazine rings is 1. The van der Waals surface area contributed by atoms with Gasteiger partial charge in [0, 0.05) is 45.5 Å². The number of pyridine rings is 1. The molecule has 0 unspecified atom stereocenters. The first kappa shape index (κ1) is 18.8. The minimum atomic E-state index is -0.712. The van der Waals surface area contributed by atoms with Gasteiger partial charge >= 0.3 is 6.03 Å². The first-order valence-corrected chi connectivity index (χ1v) is 9.02. The van der Waals surface area contributed by atoms with Crippen LogP contribution in [0.25, 0.3) is 11.2 Å². The molecule has 8 nitrogen and oxygen atoms in total. The zero-order valence-electron chi connectivity index (χ0n) is 15.6. The molecule has 4 rings (SSSR count). The molecular weight excluding hydrogens is 382 g/mol. The molecule has 1 aliphatic heterocycles. The molecule has 3 heterocycles. The molecule has 29 heavy (non-hydrogen) atoms. The van der Waals surface area contributed by atoms with E-state index in [1.165, 1.54) is 9.47 Å². The van der Waals surface area contributed by atoms with Crippen molar-refractivity contribution in [1.29, 1.82) is 0 Å². The summed E-state index contributed by atoms with van der Waals surface area (Å²) in [4.78, 5) is 36.9. The molecule has 1 aliphatic rings. The molecule has 0 atom stereocenters. The van der Waals surface area contributed by atoms with Crippen LogP contribution in [0.15, 0.2) is 41.3 Å². The second kappa shape index (κ2) is 7.46. The Kier molecular flexibility index (Phi) is 4.83. The minimum absolute atomic E-state index is 0.213. The Morgan fingerprint density at radius 1 is 1.14 bits per heavy atom. The minimum Gasteiger partial charge on any atom is -0.348 e. The molecule has 10 heteroatoms. The number of hydrogen-bond acceptors (Lipinski definition) is 5. The number of benzene rings is 1. The van der Waals surface area contributed by atoms with Crippen LogP contribution in [0, 0.1) is 11.6 Å². The topological polar surface area (TPSA) is 83.4 Å². The zero-order chi connectivity index (χ0) is 20.5. The van der Waals surface area contributed by atoms with Crippen LogP contribution in [-0.2, 0) is 7.05 Å². The average Bonchev–Trinajstić information content (AvgIpc) is 2.73. The Labute approximate surface area is 164 Å². The number of nitrogens with zero attached hydrogens (tertiary/aromatic N) is 5. The van der Waals surface area contributed by atoms with Crippen molar-refractivity contribution in [2.24, 2.45) is 7.05 Å². The lowest BCUT2D eigenvalue weighted by Gasteiger charge is -2.35. The van der Waals surface area contributed by atoms with Crippen molar-refractivity contribution in [3.05, 3.63) is 58.5 Å². The highest BCUT2D eigenvalue weighted by Gasteiger charge is 2.25. The Morgan fingerprint density at radius 2 is 1.90 bits per heavy atom. The molecule has 1 saturated heterocycles. The first-order valence-electron chi connectivity index (χ1n) is 9.02. The van der Waals surface area contributed by atoms with Crippen LogP contribution in [0.4, 0.5) is 25.1 Å². The number of halogens is 2. The predicted molar refractivity (Wildman–Crippen MR) is 104 cm³/mol. The smallest absolute Gasteiger partial charge is 0.322 e. The Balaban J connectivity index is 1.48. The van der Waals surface area contributed by atoms with Gasteiger partial charge in [0.15, 0.2) is 11.5 Å². The van der Waals surface area contributed by atoms with Crippen LogP contribution in [0.1, 0.15) is 0 Å². The maximum Gasteiger partial charge on any atom is 0.322 e. The number of anilines is 2. The van der Waals surface area contributed by atoms with Crippen molar-refractivity contribution in [3.8, 4) is 0 Å². The van der Waals surface area contributed by atoms with Crippen molar-refractivity contribution in [2.45, 2.75) is 0 Å². The largest absolute Gasteiger partial charge is 0.348 e. The van der Waals surface area contributed by atoms with Gasteiger partial charge in [0.2, 0.25) is 0 Å². The number of hydrogen-bond donors (Lipinski definition) is 1. The number of aromatic nitrogens is 3. The zero-order valence-corrected chi connectivity index (χ0v) is 15.6. The molecule has 3 aromatic rings. The number of carbonyl (C=O) groups excluding carboxylic acids is 1. The van der Waals surface area contributed by atoms with Gasteiger partial charge in [-0.05, 0) is 24.3 Å². The van der Waals surface area contributed by atoms with Gasteiger partial charge < -0.3 is 15.1 Å². The van der Waals surface area contributed by atoms with Crippen molar-refractivity contribution in [2.75, 3.05) is 36.4 Å². The third-order valence-electron chi connectivity index (χ3n) is 4.84. The Morgan fingerprint density at radius 3 is 2.66 bits per heavy atom. The summed E-state index contributed by atoms with van der Waals surface area (Å²) in [5.74, 6) is -1.06. The van der Waals surface area contributed by atoms with Crippen LogP contribution in [0.3, 0.4) is 0 Å². The van der Waals surface area contributed by atoms with Gasteiger partial charge in [0.1, 0.15) is 17.2 Å².